The van der Waals surface area contributed by atoms with Crippen LogP contribution in [0.1, 0.15) is 38.8 Å². The van der Waals surface area contributed by atoms with Gasteiger partial charge in [-0.1, -0.05) is 32.0 Å². The summed E-state index contributed by atoms with van der Waals surface area (Å²) in [7, 11) is 0. The van der Waals surface area contributed by atoms with Crippen LogP contribution in [0.25, 0.3) is 0 Å². The molecule has 0 aliphatic carbocycles. The fourth-order valence-corrected chi connectivity index (χ4v) is 3.16. The van der Waals surface area contributed by atoms with Crippen molar-refractivity contribution in [3.8, 4) is 5.75 Å². The van der Waals surface area contributed by atoms with Crippen molar-refractivity contribution in [1.82, 2.24) is 4.98 Å². The Hall–Kier alpha value is -2.01. The van der Waals surface area contributed by atoms with Crippen LogP contribution < -0.4 is 4.74 Å². The number of pyridine rings is 1. The minimum absolute atomic E-state index is 0.461. The van der Waals surface area contributed by atoms with Crippen molar-refractivity contribution < 1.29 is 14.6 Å². The highest BCUT2D eigenvalue weighted by molar-refractivity contribution is 7.99. The molecule has 2 rings (SSSR count). The second-order valence-corrected chi connectivity index (χ2v) is 8.50. The molecule has 0 unspecified atom stereocenters. The molecular formula is C20H25NO3S. The van der Waals surface area contributed by atoms with Gasteiger partial charge in [0.25, 0.3) is 0 Å². The second kappa shape index (κ2) is 8.39. The number of thioether (sulfide) groups is 1. The van der Waals surface area contributed by atoms with E-state index in [-0.39, 0.29) is 0 Å². The maximum atomic E-state index is 11.2. The molecule has 0 spiro atoms. The molecule has 1 aromatic carbocycles. The molecule has 0 fully saturated rings. The number of aromatic nitrogens is 1. The van der Waals surface area contributed by atoms with Gasteiger partial charge >= 0.3 is 5.97 Å². The maximum Gasteiger partial charge on any atom is 0.309 e. The van der Waals surface area contributed by atoms with Crippen LogP contribution in [0.4, 0.5) is 0 Å². The largest absolute Gasteiger partial charge is 0.489 e. The van der Waals surface area contributed by atoms with Gasteiger partial charge in [0.15, 0.2) is 0 Å². The predicted molar refractivity (Wildman–Crippen MR) is 101 cm³/mol. The number of carbonyl (C=O) groups is 1. The molecule has 0 saturated heterocycles. The van der Waals surface area contributed by atoms with Gasteiger partial charge in [-0.25, -0.2) is 4.98 Å². The predicted octanol–water partition coefficient (Wildman–Crippen LogP) is 4.81. The van der Waals surface area contributed by atoms with Crippen LogP contribution >= 0.6 is 11.8 Å². The average Bonchev–Trinajstić information content (AvgIpc) is 2.54. The Labute approximate surface area is 153 Å². The zero-order valence-electron chi connectivity index (χ0n) is 15.2. The topological polar surface area (TPSA) is 59.4 Å². The monoisotopic (exact) mass is 359 g/mol. The molecule has 1 N–H and O–H groups in total. The first kappa shape index (κ1) is 19.3. The van der Waals surface area contributed by atoms with E-state index in [4.69, 9.17) is 4.74 Å². The van der Waals surface area contributed by atoms with Gasteiger partial charge < -0.3 is 9.84 Å². The highest BCUT2D eigenvalue weighted by Crippen LogP contribution is 2.26. The number of rotatable bonds is 8. The van der Waals surface area contributed by atoms with E-state index >= 15 is 0 Å². The quantitative estimate of drug-likeness (QED) is 0.685. The maximum absolute atomic E-state index is 11.2. The van der Waals surface area contributed by atoms with Crippen molar-refractivity contribution in [3.63, 3.8) is 0 Å². The summed E-state index contributed by atoms with van der Waals surface area (Å²) in [6, 6.07) is 11.6. The van der Waals surface area contributed by atoms with Crippen molar-refractivity contribution in [2.45, 2.75) is 51.0 Å². The SMILES string of the molecule is CC(C)Sc1ncccc1COc1ccc(CC(C)(C)C(=O)O)cc1. The minimum atomic E-state index is -0.792. The van der Waals surface area contributed by atoms with E-state index in [2.05, 4.69) is 18.8 Å². The zero-order chi connectivity index (χ0) is 18.4. The van der Waals surface area contributed by atoms with Gasteiger partial charge in [0.05, 0.1) is 5.41 Å². The fraction of sp³-hybridized carbons (Fsp3) is 0.400. The molecule has 0 atom stereocenters. The van der Waals surface area contributed by atoms with Crippen LogP contribution in [-0.2, 0) is 17.8 Å². The number of hydrogen-bond donors (Lipinski definition) is 1. The van der Waals surface area contributed by atoms with Crippen LogP contribution in [0.3, 0.4) is 0 Å². The molecule has 5 heteroatoms. The third-order valence-electron chi connectivity index (χ3n) is 3.74. The lowest BCUT2D eigenvalue weighted by molar-refractivity contribution is -0.146. The molecule has 1 aromatic heterocycles. The first-order valence-electron chi connectivity index (χ1n) is 8.33. The molecule has 0 radical (unpaired) electrons. The lowest BCUT2D eigenvalue weighted by Gasteiger charge is -2.19. The van der Waals surface area contributed by atoms with Crippen LogP contribution in [0.15, 0.2) is 47.6 Å². The molecule has 0 saturated carbocycles. The van der Waals surface area contributed by atoms with Gasteiger partial charge in [-0.3, -0.25) is 4.79 Å². The summed E-state index contributed by atoms with van der Waals surface area (Å²) in [6.45, 7) is 8.21. The van der Waals surface area contributed by atoms with E-state index in [0.29, 0.717) is 18.3 Å². The third kappa shape index (κ3) is 5.78. The number of carboxylic acid groups (broad SMARTS) is 1. The lowest BCUT2D eigenvalue weighted by atomic mass is 9.86. The lowest BCUT2D eigenvalue weighted by Crippen LogP contribution is -2.26. The number of ether oxygens (including phenoxy) is 1. The highest BCUT2D eigenvalue weighted by Gasteiger charge is 2.27. The minimum Gasteiger partial charge on any atom is -0.489 e. The Bertz CT molecular complexity index is 711. The van der Waals surface area contributed by atoms with Gasteiger partial charge in [-0.15, -0.1) is 11.8 Å². The van der Waals surface area contributed by atoms with E-state index in [1.165, 1.54) is 0 Å². The number of nitrogens with zero attached hydrogens (tertiary/aromatic N) is 1. The van der Waals surface area contributed by atoms with Crippen molar-refractivity contribution in [3.05, 3.63) is 53.7 Å². The van der Waals surface area contributed by atoms with Crippen LogP contribution in [0.2, 0.25) is 0 Å². The number of benzene rings is 1. The van der Waals surface area contributed by atoms with Crippen LogP contribution in [-0.4, -0.2) is 21.3 Å². The molecule has 0 bridgehead atoms. The van der Waals surface area contributed by atoms with Crippen molar-refractivity contribution in [1.29, 1.82) is 0 Å². The molecule has 0 aliphatic heterocycles. The van der Waals surface area contributed by atoms with Gasteiger partial charge in [-0.05, 0) is 44.0 Å². The summed E-state index contributed by atoms with van der Waals surface area (Å²) >= 11 is 1.72. The highest BCUT2D eigenvalue weighted by atomic mass is 32.2. The molecular weight excluding hydrogens is 334 g/mol. The van der Waals surface area contributed by atoms with E-state index in [1.54, 1.807) is 31.8 Å². The fourth-order valence-electron chi connectivity index (χ4n) is 2.31. The van der Waals surface area contributed by atoms with Gasteiger partial charge in [0.2, 0.25) is 0 Å². The van der Waals surface area contributed by atoms with E-state index in [0.717, 1.165) is 21.9 Å². The van der Waals surface area contributed by atoms with E-state index in [9.17, 15) is 9.90 Å². The Morgan fingerprint density at radius 3 is 2.52 bits per heavy atom. The number of carboxylic acids is 1. The molecule has 0 amide bonds. The third-order valence-corrected chi connectivity index (χ3v) is 4.80. The summed E-state index contributed by atoms with van der Waals surface area (Å²) < 4.78 is 5.88. The summed E-state index contributed by atoms with van der Waals surface area (Å²) in [6.07, 6.45) is 2.29. The van der Waals surface area contributed by atoms with E-state index in [1.807, 2.05) is 36.4 Å². The molecule has 2 aromatic rings. The Balaban J connectivity index is 2.00. The standard InChI is InChI=1S/C20H25NO3S/c1-14(2)25-18-16(6-5-11-21-18)13-24-17-9-7-15(8-10-17)12-20(3,4)19(22)23/h5-11,14H,12-13H2,1-4H3,(H,22,23). The first-order chi connectivity index (χ1) is 11.8. The van der Waals surface area contributed by atoms with Gasteiger partial charge in [-0.2, -0.15) is 0 Å². The van der Waals surface area contributed by atoms with Crippen LogP contribution in [0, 0.1) is 5.41 Å². The first-order valence-corrected chi connectivity index (χ1v) is 9.21. The number of aliphatic carboxylic acids is 1. The van der Waals surface area contributed by atoms with Crippen molar-refractivity contribution in [2.24, 2.45) is 5.41 Å². The summed E-state index contributed by atoms with van der Waals surface area (Å²) in [5, 5.41) is 10.7. The van der Waals surface area contributed by atoms with Crippen molar-refractivity contribution in [2.75, 3.05) is 0 Å². The molecule has 4 nitrogen and oxygen atoms in total. The van der Waals surface area contributed by atoms with Crippen molar-refractivity contribution >= 4 is 17.7 Å². The Morgan fingerprint density at radius 1 is 1.24 bits per heavy atom. The molecule has 134 valence electrons. The van der Waals surface area contributed by atoms with Gasteiger partial charge in [0, 0.05) is 17.0 Å². The Morgan fingerprint density at radius 2 is 1.92 bits per heavy atom. The summed E-state index contributed by atoms with van der Waals surface area (Å²) in [5.74, 6) is -0.0270. The average molecular weight is 359 g/mol. The summed E-state index contributed by atoms with van der Waals surface area (Å²) in [4.78, 5) is 15.7. The van der Waals surface area contributed by atoms with Gasteiger partial charge in [0.1, 0.15) is 17.4 Å². The van der Waals surface area contributed by atoms with Crippen LogP contribution in [0.5, 0.6) is 5.75 Å². The zero-order valence-corrected chi connectivity index (χ0v) is 16.0. The molecule has 25 heavy (non-hydrogen) atoms. The normalized spacial score (nSPS) is 11.6. The van der Waals surface area contributed by atoms with E-state index < -0.39 is 11.4 Å². The molecule has 1 heterocycles. The smallest absolute Gasteiger partial charge is 0.309 e. The summed E-state index contributed by atoms with van der Waals surface area (Å²) in [5.41, 5.74) is 1.27. The second-order valence-electron chi connectivity index (χ2n) is 6.93. The number of hydrogen-bond acceptors (Lipinski definition) is 4. The molecule has 0 aliphatic rings. The Kier molecular flexibility index (Phi) is 6.48.